The van der Waals surface area contributed by atoms with Crippen LogP contribution in [0.2, 0.25) is 0 Å². The average molecular weight is 658 g/mol. The highest BCUT2D eigenvalue weighted by Crippen LogP contribution is 2.38. The fourth-order valence-electron chi connectivity index (χ4n) is 6.63. The summed E-state index contributed by atoms with van der Waals surface area (Å²) in [5.41, 5.74) is 3.79. The number of ether oxygens (including phenoxy) is 1. The van der Waals surface area contributed by atoms with Crippen molar-refractivity contribution in [2.75, 3.05) is 17.7 Å². The van der Waals surface area contributed by atoms with Gasteiger partial charge in [-0.1, -0.05) is 77.1 Å². The Kier molecular flexibility index (Phi) is 9.05. The molecule has 0 bridgehead atoms. The van der Waals surface area contributed by atoms with Crippen molar-refractivity contribution in [1.29, 1.82) is 0 Å². The van der Waals surface area contributed by atoms with Crippen molar-refractivity contribution in [2.45, 2.75) is 59.0 Å². The predicted octanol–water partition coefficient (Wildman–Crippen LogP) is 8.17. The molecular weight excluding hydrogens is 618 g/mol. The molecule has 2 N–H and O–H groups in total. The molecule has 3 heterocycles. The number of imide groups is 1. The molecule has 1 aliphatic rings. The molecular formula is C39H39N5O5. The Morgan fingerprint density at radius 2 is 1.41 bits per heavy atom. The largest absolute Gasteiger partial charge is 0.497 e. The number of carbonyl (C=O) groups is 3. The van der Waals surface area contributed by atoms with E-state index >= 15 is 0 Å². The molecule has 1 aliphatic heterocycles. The van der Waals surface area contributed by atoms with Gasteiger partial charge in [0.15, 0.2) is 0 Å². The van der Waals surface area contributed by atoms with E-state index in [4.69, 9.17) is 4.74 Å². The number of fused-ring (bicyclic) bond motifs is 2. The van der Waals surface area contributed by atoms with Gasteiger partial charge < -0.3 is 15.4 Å². The quantitative estimate of drug-likeness (QED) is 0.154. The van der Waals surface area contributed by atoms with E-state index in [0.717, 1.165) is 16.0 Å². The zero-order chi connectivity index (χ0) is 35.0. The highest BCUT2D eigenvalue weighted by atomic mass is 16.5. The van der Waals surface area contributed by atoms with Crippen LogP contribution in [-0.4, -0.2) is 39.4 Å². The number of nitrogens with one attached hydrogen (secondary N) is 2. The lowest BCUT2D eigenvalue weighted by atomic mass is 9.93. The topological polar surface area (TPSA) is 123 Å². The Morgan fingerprint density at radius 3 is 2.00 bits per heavy atom. The van der Waals surface area contributed by atoms with Gasteiger partial charge in [0.25, 0.3) is 17.4 Å². The molecule has 1 atom stereocenters. The number of hydrogen-bond acceptors (Lipinski definition) is 6. The lowest BCUT2D eigenvalue weighted by Crippen LogP contribution is -2.42. The minimum absolute atomic E-state index is 0.0329. The zero-order valence-corrected chi connectivity index (χ0v) is 28.4. The van der Waals surface area contributed by atoms with Crippen molar-refractivity contribution in [3.05, 3.63) is 118 Å². The van der Waals surface area contributed by atoms with Gasteiger partial charge in [0, 0.05) is 22.8 Å². The number of nitrogens with zero attached hydrogens (tertiary/aromatic N) is 3. The Morgan fingerprint density at radius 1 is 0.796 bits per heavy atom. The Bertz CT molecular complexity index is 2110. The third-order valence-electron chi connectivity index (χ3n) is 8.96. The van der Waals surface area contributed by atoms with Gasteiger partial charge in [0.1, 0.15) is 23.2 Å². The van der Waals surface area contributed by atoms with Crippen molar-refractivity contribution in [2.24, 2.45) is 0 Å². The van der Waals surface area contributed by atoms with Gasteiger partial charge in [-0.05, 0) is 71.3 Å². The minimum atomic E-state index is -1.03. The second kappa shape index (κ2) is 13.4. The molecule has 0 fully saturated rings. The van der Waals surface area contributed by atoms with Crippen molar-refractivity contribution < 1.29 is 19.1 Å². The lowest BCUT2D eigenvalue weighted by molar-refractivity contribution is 0.0507. The molecule has 0 saturated carbocycles. The first-order valence-corrected chi connectivity index (χ1v) is 16.4. The molecule has 250 valence electrons. The third kappa shape index (κ3) is 5.83. The summed E-state index contributed by atoms with van der Waals surface area (Å²) >= 11 is 0. The molecule has 0 radical (unpaired) electrons. The molecule has 0 saturated heterocycles. The number of para-hydroxylation sites is 1. The molecule has 3 aromatic carbocycles. The van der Waals surface area contributed by atoms with Crippen LogP contribution >= 0.6 is 0 Å². The molecule has 10 nitrogen and oxygen atoms in total. The molecule has 0 aliphatic carbocycles. The van der Waals surface area contributed by atoms with E-state index in [1.54, 1.807) is 74.8 Å². The van der Waals surface area contributed by atoms with Crippen LogP contribution in [-0.2, 0) is 0 Å². The van der Waals surface area contributed by atoms with Crippen molar-refractivity contribution >= 4 is 40.3 Å². The van der Waals surface area contributed by atoms with Crippen molar-refractivity contribution in [1.82, 2.24) is 14.5 Å². The van der Waals surface area contributed by atoms with Crippen molar-refractivity contribution in [3.63, 3.8) is 0 Å². The number of urea groups is 1. The normalized spacial score (nSPS) is 13.3. The highest BCUT2D eigenvalue weighted by molar-refractivity contribution is 6.21. The molecule has 49 heavy (non-hydrogen) atoms. The molecule has 5 aromatic rings. The van der Waals surface area contributed by atoms with Gasteiger partial charge in [-0.25, -0.2) is 9.78 Å². The number of carbonyl (C=O) groups excluding carboxylic acids is 3. The Hall–Kier alpha value is -5.77. The highest BCUT2D eigenvalue weighted by Gasteiger charge is 2.41. The second-order valence-corrected chi connectivity index (χ2v) is 12.6. The number of hydrogen-bond donors (Lipinski definition) is 2. The third-order valence-corrected chi connectivity index (χ3v) is 8.96. The summed E-state index contributed by atoms with van der Waals surface area (Å²) in [6.45, 7) is 10.0. The molecule has 10 heteroatoms. The monoisotopic (exact) mass is 657 g/mol. The Labute approximate surface area is 284 Å². The number of pyridine rings is 2. The fourth-order valence-corrected chi connectivity index (χ4v) is 6.63. The first-order chi connectivity index (χ1) is 23.6. The number of rotatable bonds is 9. The Balaban J connectivity index is 1.57. The number of methoxy groups -OCH3 is 1. The first kappa shape index (κ1) is 33.1. The summed E-state index contributed by atoms with van der Waals surface area (Å²) in [6, 6.07) is 22.7. The number of aromatic nitrogens is 2. The van der Waals surface area contributed by atoms with Crippen LogP contribution in [0.5, 0.6) is 5.75 Å². The van der Waals surface area contributed by atoms with Gasteiger partial charge in [0.2, 0.25) is 0 Å². The smallest absolute Gasteiger partial charge is 0.323 e. The predicted molar refractivity (Wildman–Crippen MR) is 192 cm³/mol. The molecule has 1 unspecified atom stereocenters. The number of anilines is 2. The van der Waals surface area contributed by atoms with E-state index < -0.39 is 29.6 Å². The second-order valence-electron chi connectivity index (χ2n) is 12.6. The summed E-state index contributed by atoms with van der Waals surface area (Å²) in [5, 5.41) is 6.48. The molecule has 6 rings (SSSR count). The maximum atomic E-state index is 14.9. The van der Waals surface area contributed by atoms with E-state index in [1.165, 1.54) is 4.57 Å². The van der Waals surface area contributed by atoms with Gasteiger partial charge in [0.05, 0.1) is 18.2 Å². The van der Waals surface area contributed by atoms with E-state index in [2.05, 4.69) is 43.3 Å². The number of benzene rings is 3. The van der Waals surface area contributed by atoms with Crippen LogP contribution in [0.4, 0.5) is 16.2 Å². The van der Waals surface area contributed by atoms with Crippen LogP contribution in [0, 0.1) is 0 Å². The summed E-state index contributed by atoms with van der Waals surface area (Å²) < 4.78 is 6.86. The number of amides is 4. The summed E-state index contributed by atoms with van der Waals surface area (Å²) in [5.74, 6) is -0.206. The van der Waals surface area contributed by atoms with Crippen LogP contribution in [0.1, 0.15) is 90.9 Å². The van der Waals surface area contributed by atoms with Gasteiger partial charge in [-0.3, -0.25) is 23.9 Å². The van der Waals surface area contributed by atoms with E-state index in [9.17, 15) is 19.2 Å². The summed E-state index contributed by atoms with van der Waals surface area (Å²) in [7, 11) is 1.55. The minimum Gasteiger partial charge on any atom is -0.497 e. The summed E-state index contributed by atoms with van der Waals surface area (Å²) in [6.07, 6.45) is 0.731. The maximum absolute atomic E-state index is 14.9. The standard InChI is InChI=1S/C39H39N5O5/c1-7-31(44-36(45)28-15-8-9-16-29(28)37(44)46)43-35-30(19-12-20-40-35)32(24-13-10-14-25(21-24)49-6)34(38(43)47)42-39(48)41-33-26(22(2)3)17-11-18-27(33)23(4)5/h8-23,31H,7H2,1-6H3,(H2,41,42,48). The molecule has 0 spiro atoms. The van der Waals surface area contributed by atoms with Crippen LogP contribution in [0.3, 0.4) is 0 Å². The summed E-state index contributed by atoms with van der Waals surface area (Å²) in [4.78, 5) is 62.1. The lowest BCUT2D eigenvalue weighted by Gasteiger charge is -2.29. The van der Waals surface area contributed by atoms with E-state index in [1.807, 2.05) is 24.3 Å². The fraction of sp³-hybridized carbons (Fsp3) is 0.256. The van der Waals surface area contributed by atoms with Crippen molar-refractivity contribution in [3.8, 4) is 16.9 Å². The average Bonchev–Trinajstić information content (AvgIpc) is 3.35. The van der Waals surface area contributed by atoms with Crippen LogP contribution in [0.15, 0.2) is 89.9 Å². The van der Waals surface area contributed by atoms with Crippen LogP contribution in [0.25, 0.3) is 22.2 Å². The van der Waals surface area contributed by atoms with E-state index in [-0.39, 0.29) is 40.7 Å². The van der Waals surface area contributed by atoms with Gasteiger partial charge in [-0.2, -0.15) is 0 Å². The molecule has 4 amide bonds. The molecule has 2 aromatic heterocycles. The van der Waals surface area contributed by atoms with E-state index in [0.29, 0.717) is 28.0 Å². The van der Waals surface area contributed by atoms with Gasteiger partial charge >= 0.3 is 6.03 Å². The SMILES string of the molecule is CCC(N1C(=O)c2ccccc2C1=O)n1c(=O)c(NC(=O)Nc2c(C(C)C)cccc2C(C)C)c(-c2cccc(OC)c2)c2cccnc21. The maximum Gasteiger partial charge on any atom is 0.323 e. The van der Waals surface area contributed by atoms with Crippen LogP contribution < -0.4 is 20.9 Å². The van der Waals surface area contributed by atoms with Gasteiger partial charge in [-0.15, -0.1) is 0 Å². The first-order valence-electron chi connectivity index (χ1n) is 16.4. The zero-order valence-electron chi connectivity index (χ0n) is 28.4.